The van der Waals surface area contributed by atoms with Crippen molar-refractivity contribution in [2.24, 2.45) is 0 Å². The third kappa shape index (κ3) is 3.56. The van der Waals surface area contributed by atoms with Gasteiger partial charge in [-0.05, 0) is 39.7 Å². The molecule has 1 aromatic carbocycles. The summed E-state index contributed by atoms with van der Waals surface area (Å²) < 4.78 is 6.86. The van der Waals surface area contributed by atoms with Gasteiger partial charge in [0.25, 0.3) is 0 Å². The molecule has 0 fully saturated rings. The van der Waals surface area contributed by atoms with Gasteiger partial charge in [-0.2, -0.15) is 0 Å². The van der Waals surface area contributed by atoms with E-state index in [4.69, 9.17) is 4.74 Å². The fraction of sp³-hybridized carbons (Fsp3) is 0.214. The van der Waals surface area contributed by atoms with Gasteiger partial charge >= 0.3 is 0 Å². The number of nitrogens with zero attached hydrogens (tertiary/aromatic N) is 1. The Labute approximate surface area is 124 Å². The maximum atomic E-state index is 5.87. The zero-order valence-corrected chi connectivity index (χ0v) is 12.9. The largest absolute Gasteiger partial charge is 0.492 e. The highest BCUT2D eigenvalue weighted by atomic mass is 79.9. The first-order chi connectivity index (χ1) is 8.81. The molecule has 1 heterocycles. The van der Waals surface area contributed by atoms with Gasteiger partial charge in [0.15, 0.2) is 0 Å². The van der Waals surface area contributed by atoms with E-state index >= 15 is 0 Å². The first-order valence-electron chi connectivity index (χ1n) is 5.66. The van der Waals surface area contributed by atoms with E-state index in [2.05, 4.69) is 42.9 Å². The minimum absolute atomic E-state index is 0.659. The SMILES string of the molecule is BrCc1cccc(Br)c1OCCc1ccncc1. The lowest BCUT2D eigenvalue weighted by Gasteiger charge is -2.11. The van der Waals surface area contributed by atoms with E-state index in [1.165, 1.54) is 5.56 Å². The third-order valence-electron chi connectivity index (χ3n) is 2.58. The molecule has 0 unspecified atom stereocenters. The Morgan fingerprint density at radius 1 is 1.11 bits per heavy atom. The minimum Gasteiger partial charge on any atom is -0.492 e. The van der Waals surface area contributed by atoms with Gasteiger partial charge in [-0.1, -0.05) is 28.1 Å². The molecule has 1 aromatic heterocycles. The van der Waals surface area contributed by atoms with Crippen molar-refractivity contribution in [2.75, 3.05) is 6.61 Å². The van der Waals surface area contributed by atoms with Crippen molar-refractivity contribution in [1.29, 1.82) is 0 Å². The molecule has 2 rings (SSSR count). The fourth-order valence-corrected chi connectivity index (χ4v) is 2.60. The molecule has 94 valence electrons. The number of aromatic nitrogens is 1. The molecule has 18 heavy (non-hydrogen) atoms. The van der Waals surface area contributed by atoms with Crippen LogP contribution in [0.15, 0.2) is 47.2 Å². The average molecular weight is 371 g/mol. The Morgan fingerprint density at radius 2 is 1.89 bits per heavy atom. The zero-order chi connectivity index (χ0) is 12.8. The molecule has 0 N–H and O–H groups in total. The van der Waals surface area contributed by atoms with Crippen LogP contribution in [-0.2, 0) is 11.8 Å². The van der Waals surface area contributed by atoms with Crippen LogP contribution in [0.25, 0.3) is 0 Å². The van der Waals surface area contributed by atoms with Gasteiger partial charge in [0, 0.05) is 29.7 Å². The van der Waals surface area contributed by atoms with Crippen molar-refractivity contribution in [3.05, 3.63) is 58.3 Å². The maximum Gasteiger partial charge on any atom is 0.137 e. The van der Waals surface area contributed by atoms with Gasteiger partial charge in [-0.25, -0.2) is 0 Å². The Morgan fingerprint density at radius 3 is 2.61 bits per heavy atom. The summed E-state index contributed by atoms with van der Waals surface area (Å²) in [5, 5.41) is 0.789. The molecule has 0 aliphatic carbocycles. The number of para-hydroxylation sites is 1. The van der Waals surface area contributed by atoms with Crippen molar-refractivity contribution < 1.29 is 4.74 Å². The second-order valence-electron chi connectivity index (χ2n) is 3.82. The highest BCUT2D eigenvalue weighted by Crippen LogP contribution is 2.30. The summed E-state index contributed by atoms with van der Waals surface area (Å²) in [6.07, 6.45) is 4.49. The number of rotatable bonds is 5. The Bertz CT molecular complexity index is 502. The Kier molecular flexibility index (Phi) is 5.20. The lowest BCUT2D eigenvalue weighted by atomic mass is 10.2. The van der Waals surface area contributed by atoms with Crippen molar-refractivity contribution in [3.63, 3.8) is 0 Å². The first kappa shape index (κ1) is 13.6. The standard InChI is InChI=1S/C14H13Br2NO/c15-10-12-2-1-3-13(16)14(12)18-9-6-11-4-7-17-8-5-11/h1-5,7-8H,6,9-10H2. The van der Waals surface area contributed by atoms with Crippen LogP contribution < -0.4 is 4.74 Å². The molecule has 0 amide bonds. The number of ether oxygens (including phenoxy) is 1. The van der Waals surface area contributed by atoms with Crippen molar-refractivity contribution in [3.8, 4) is 5.75 Å². The molecule has 2 nitrogen and oxygen atoms in total. The molecule has 0 bridgehead atoms. The minimum atomic E-state index is 0.659. The summed E-state index contributed by atoms with van der Waals surface area (Å²) in [7, 11) is 0. The molecule has 0 radical (unpaired) electrons. The van der Waals surface area contributed by atoms with Gasteiger partial charge < -0.3 is 4.74 Å². The van der Waals surface area contributed by atoms with E-state index in [0.29, 0.717) is 6.61 Å². The van der Waals surface area contributed by atoms with Crippen LogP contribution in [0.2, 0.25) is 0 Å². The monoisotopic (exact) mass is 369 g/mol. The van der Waals surface area contributed by atoms with Gasteiger partial charge in [0.1, 0.15) is 5.75 Å². The summed E-state index contributed by atoms with van der Waals surface area (Å²) >= 11 is 6.99. The van der Waals surface area contributed by atoms with E-state index in [-0.39, 0.29) is 0 Å². The smallest absolute Gasteiger partial charge is 0.137 e. The quantitative estimate of drug-likeness (QED) is 0.729. The summed E-state index contributed by atoms with van der Waals surface area (Å²) in [6.45, 7) is 0.659. The first-order valence-corrected chi connectivity index (χ1v) is 7.58. The summed E-state index contributed by atoms with van der Waals surface area (Å²) in [5.41, 5.74) is 2.39. The van der Waals surface area contributed by atoms with Crippen molar-refractivity contribution in [1.82, 2.24) is 4.98 Å². The van der Waals surface area contributed by atoms with Gasteiger partial charge in [-0.3, -0.25) is 4.98 Å². The number of pyridine rings is 1. The lowest BCUT2D eigenvalue weighted by molar-refractivity contribution is 0.317. The Hall–Kier alpha value is -0.870. The van der Waals surface area contributed by atoms with Gasteiger partial charge in [0.05, 0.1) is 11.1 Å². The van der Waals surface area contributed by atoms with Gasteiger partial charge in [-0.15, -0.1) is 0 Å². The molecule has 4 heteroatoms. The van der Waals surface area contributed by atoms with E-state index in [1.807, 2.05) is 24.3 Å². The van der Waals surface area contributed by atoms with E-state index in [9.17, 15) is 0 Å². The van der Waals surface area contributed by atoms with Crippen LogP contribution >= 0.6 is 31.9 Å². The molecule has 0 spiro atoms. The van der Waals surface area contributed by atoms with Crippen molar-refractivity contribution in [2.45, 2.75) is 11.8 Å². The van der Waals surface area contributed by atoms with Crippen LogP contribution in [0.4, 0.5) is 0 Å². The van der Waals surface area contributed by atoms with Crippen LogP contribution in [-0.4, -0.2) is 11.6 Å². The fourth-order valence-electron chi connectivity index (χ4n) is 1.64. The lowest BCUT2D eigenvalue weighted by Crippen LogP contribution is -2.03. The normalized spacial score (nSPS) is 10.3. The van der Waals surface area contributed by atoms with Crippen LogP contribution in [0.5, 0.6) is 5.75 Å². The topological polar surface area (TPSA) is 22.1 Å². The predicted molar refractivity (Wildman–Crippen MR) is 80.2 cm³/mol. The molecule has 0 aliphatic rings. The predicted octanol–water partition coefficient (Wildman–Crippen LogP) is 4.36. The van der Waals surface area contributed by atoms with E-state index < -0.39 is 0 Å². The zero-order valence-electron chi connectivity index (χ0n) is 9.77. The van der Waals surface area contributed by atoms with Crippen molar-refractivity contribution >= 4 is 31.9 Å². The van der Waals surface area contributed by atoms with Gasteiger partial charge in [0.2, 0.25) is 0 Å². The number of hydrogen-bond donors (Lipinski definition) is 0. The van der Waals surface area contributed by atoms with Crippen LogP contribution in [0.1, 0.15) is 11.1 Å². The van der Waals surface area contributed by atoms with E-state index in [1.54, 1.807) is 12.4 Å². The molecular formula is C14H13Br2NO. The average Bonchev–Trinajstić information content (AvgIpc) is 2.41. The highest BCUT2D eigenvalue weighted by molar-refractivity contribution is 9.10. The number of hydrogen-bond acceptors (Lipinski definition) is 2. The number of benzene rings is 1. The number of alkyl halides is 1. The molecule has 0 aliphatic heterocycles. The second kappa shape index (κ2) is 6.90. The van der Waals surface area contributed by atoms with Crippen LogP contribution in [0, 0.1) is 0 Å². The maximum absolute atomic E-state index is 5.87. The molecule has 0 atom stereocenters. The summed E-state index contributed by atoms with van der Waals surface area (Å²) in [5.74, 6) is 0.920. The molecule has 0 saturated heterocycles. The second-order valence-corrected chi connectivity index (χ2v) is 5.23. The summed E-state index contributed by atoms with van der Waals surface area (Å²) in [6, 6.07) is 10.1. The Balaban J connectivity index is 1.98. The highest BCUT2D eigenvalue weighted by Gasteiger charge is 2.06. The van der Waals surface area contributed by atoms with E-state index in [0.717, 1.165) is 27.5 Å². The molecule has 2 aromatic rings. The number of halogens is 2. The molecule has 0 saturated carbocycles. The summed E-state index contributed by atoms with van der Waals surface area (Å²) in [4.78, 5) is 4.00. The molecular weight excluding hydrogens is 358 g/mol. The third-order valence-corrected chi connectivity index (χ3v) is 3.81. The van der Waals surface area contributed by atoms with Crippen LogP contribution in [0.3, 0.4) is 0 Å².